The number of ether oxygens (including phenoxy) is 1. The summed E-state index contributed by atoms with van der Waals surface area (Å²) in [6.45, 7) is 0. The van der Waals surface area contributed by atoms with Gasteiger partial charge in [0.05, 0.1) is 18.7 Å². The molecule has 5 heteroatoms. The zero-order valence-electron chi connectivity index (χ0n) is 14.4. The molecule has 1 unspecified atom stereocenters. The number of halogens is 1. The van der Waals surface area contributed by atoms with Crippen LogP contribution in [-0.2, 0) is 6.42 Å². The van der Waals surface area contributed by atoms with Crippen molar-refractivity contribution in [2.45, 2.75) is 12.5 Å². The molecular formula is C21H19FN2O2. The van der Waals surface area contributed by atoms with Crippen LogP contribution in [0.3, 0.4) is 0 Å². The Labute approximate surface area is 151 Å². The van der Waals surface area contributed by atoms with Crippen LogP contribution in [0, 0.1) is 5.82 Å². The van der Waals surface area contributed by atoms with Gasteiger partial charge in [-0.15, -0.1) is 0 Å². The average molecular weight is 350 g/mol. The number of rotatable bonds is 6. The maximum atomic E-state index is 13.2. The predicted molar refractivity (Wildman–Crippen MR) is 97.5 cm³/mol. The van der Waals surface area contributed by atoms with Crippen LogP contribution in [0.15, 0.2) is 73.1 Å². The molecule has 0 saturated heterocycles. The third-order valence-electron chi connectivity index (χ3n) is 4.10. The number of carbonyl (C=O) groups excluding carboxylic acids is 1. The highest BCUT2D eigenvalue weighted by Gasteiger charge is 2.17. The smallest absolute Gasteiger partial charge is 0.253 e. The van der Waals surface area contributed by atoms with Crippen LogP contribution < -0.4 is 10.1 Å². The number of pyridine rings is 1. The summed E-state index contributed by atoms with van der Waals surface area (Å²) in [7, 11) is 1.61. The first-order chi connectivity index (χ1) is 12.7. The lowest BCUT2D eigenvalue weighted by Crippen LogP contribution is -2.30. The second-order valence-corrected chi connectivity index (χ2v) is 5.87. The van der Waals surface area contributed by atoms with Crippen LogP contribution in [0.1, 0.15) is 27.5 Å². The average Bonchev–Trinajstić information content (AvgIpc) is 2.70. The minimum Gasteiger partial charge on any atom is -0.497 e. The maximum Gasteiger partial charge on any atom is 0.253 e. The molecule has 1 amide bonds. The lowest BCUT2D eigenvalue weighted by atomic mass is 9.98. The quantitative estimate of drug-likeness (QED) is 0.732. The highest BCUT2D eigenvalue weighted by Crippen LogP contribution is 2.22. The molecule has 1 N–H and O–H groups in total. The third kappa shape index (κ3) is 4.45. The lowest BCUT2D eigenvalue weighted by Gasteiger charge is -2.20. The van der Waals surface area contributed by atoms with Crippen molar-refractivity contribution in [1.82, 2.24) is 10.3 Å². The topological polar surface area (TPSA) is 51.2 Å². The molecule has 0 aliphatic heterocycles. The van der Waals surface area contributed by atoms with E-state index in [1.807, 2.05) is 24.3 Å². The largest absolute Gasteiger partial charge is 0.497 e. The summed E-state index contributed by atoms with van der Waals surface area (Å²) in [4.78, 5) is 16.5. The molecule has 3 aromatic rings. The van der Waals surface area contributed by atoms with E-state index in [2.05, 4.69) is 10.3 Å². The van der Waals surface area contributed by atoms with Crippen LogP contribution in [0.25, 0.3) is 0 Å². The zero-order chi connectivity index (χ0) is 18.4. The van der Waals surface area contributed by atoms with Gasteiger partial charge in [0, 0.05) is 12.4 Å². The molecule has 0 fully saturated rings. The molecule has 132 valence electrons. The SMILES string of the molecule is COc1ccc(C(Cc2ccc(F)cc2)NC(=O)c2cccnc2)cc1. The van der Waals surface area contributed by atoms with E-state index in [-0.39, 0.29) is 17.8 Å². The molecule has 1 aromatic heterocycles. The number of hydrogen-bond donors (Lipinski definition) is 1. The van der Waals surface area contributed by atoms with Gasteiger partial charge in [0.15, 0.2) is 0 Å². The summed E-state index contributed by atoms with van der Waals surface area (Å²) >= 11 is 0. The molecule has 0 aliphatic rings. The van der Waals surface area contributed by atoms with Crippen LogP contribution in [0.2, 0.25) is 0 Å². The highest BCUT2D eigenvalue weighted by atomic mass is 19.1. The Morgan fingerprint density at radius 2 is 1.85 bits per heavy atom. The molecular weight excluding hydrogens is 331 g/mol. The number of carbonyl (C=O) groups is 1. The van der Waals surface area contributed by atoms with Crippen molar-refractivity contribution < 1.29 is 13.9 Å². The van der Waals surface area contributed by atoms with Gasteiger partial charge in [0.1, 0.15) is 11.6 Å². The number of hydrogen-bond acceptors (Lipinski definition) is 3. The molecule has 2 aromatic carbocycles. The van der Waals surface area contributed by atoms with Crippen molar-refractivity contribution in [3.05, 3.63) is 95.6 Å². The standard InChI is InChI=1S/C21H19FN2O2/c1-26-19-10-6-16(7-11-19)20(13-15-4-8-18(22)9-5-15)24-21(25)17-3-2-12-23-14-17/h2-12,14,20H,13H2,1H3,(H,24,25). The van der Waals surface area contributed by atoms with Crippen LogP contribution in [0.5, 0.6) is 5.75 Å². The molecule has 1 heterocycles. The summed E-state index contributed by atoms with van der Waals surface area (Å²) in [5.74, 6) is 0.253. The molecule has 0 radical (unpaired) electrons. The number of nitrogens with zero attached hydrogens (tertiary/aromatic N) is 1. The van der Waals surface area contributed by atoms with Crippen LogP contribution in [-0.4, -0.2) is 18.0 Å². The summed E-state index contributed by atoms with van der Waals surface area (Å²) in [6.07, 6.45) is 3.69. The maximum absolute atomic E-state index is 13.2. The minimum absolute atomic E-state index is 0.207. The summed E-state index contributed by atoms with van der Waals surface area (Å²) in [6, 6.07) is 17.0. The van der Waals surface area contributed by atoms with Gasteiger partial charge in [-0.05, 0) is 53.9 Å². The first-order valence-electron chi connectivity index (χ1n) is 8.25. The number of nitrogens with one attached hydrogen (secondary N) is 1. The van der Waals surface area contributed by atoms with E-state index in [1.165, 1.54) is 18.3 Å². The number of benzene rings is 2. The van der Waals surface area contributed by atoms with Crippen LogP contribution >= 0.6 is 0 Å². The molecule has 4 nitrogen and oxygen atoms in total. The van der Waals surface area contributed by atoms with E-state index >= 15 is 0 Å². The molecule has 0 bridgehead atoms. The van der Waals surface area contributed by atoms with E-state index in [1.54, 1.807) is 37.6 Å². The van der Waals surface area contributed by atoms with E-state index in [9.17, 15) is 9.18 Å². The van der Waals surface area contributed by atoms with Crippen LogP contribution in [0.4, 0.5) is 4.39 Å². The van der Waals surface area contributed by atoms with Crippen molar-refractivity contribution in [2.75, 3.05) is 7.11 Å². The van der Waals surface area contributed by atoms with E-state index in [0.29, 0.717) is 12.0 Å². The van der Waals surface area contributed by atoms with Gasteiger partial charge < -0.3 is 10.1 Å². The predicted octanol–water partition coefficient (Wildman–Crippen LogP) is 3.94. The number of aromatic nitrogens is 1. The van der Waals surface area contributed by atoms with Gasteiger partial charge in [-0.25, -0.2) is 4.39 Å². The van der Waals surface area contributed by atoms with Crippen molar-refractivity contribution in [3.8, 4) is 5.75 Å². The summed E-state index contributed by atoms with van der Waals surface area (Å²) in [5, 5.41) is 3.04. The monoisotopic (exact) mass is 350 g/mol. The molecule has 0 aliphatic carbocycles. The molecule has 26 heavy (non-hydrogen) atoms. The van der Waals surface area contributed by atoms with Gasteiger partial charge in [0.25, 0.3) is 5.91 Å². The first-order valence-corrected chi connectivity index (χ1v) is 8.25. The molecule has 0 spiro atoms. The van der Waals surface area contributed by atoms with Gasteiger partial charge in [-0.2, -0.15) is 0 Å². The Morgan fingerprint density at radius 1 is 1.12 bits per heavy atom. The second-order valence-electron chi connectivity index (χ2n) is 5.87. The van der Waals surface area contributed by atoms with E-state index < -0.39 is 0 Å². The van der Waals surface area contributed by atoms with E-state index in [0.717, 1.165) is 16.9 Å². The van der Waals surface area contributed by atoms with Crippen molar-refractivity contribution in [2.24, 2.45) is 0 Å². The summed E-state index contributed by atoms with van der Waals surface area (Å²) in [5.41, 5.74) is 2.36. The number of amides is 1. The molecule has 0 saturated carbocycles. The van der Waals surface area contributed by atoms with Gasteiger partial charge in [-0.3, -0.25) is 9.78 Å². The molecule has 3 rings (SSSR count). The third-order valence-corrected chi connectivity index (χ3v) is 4.10. The van der Waals surface area contributed by atoms with Crippen molar-refractivity contribution >= 4 is 5.91 Å². The fraction of sp³-hybridized carbons (Fsp3) is 0.143. The Morgan fingerprint density at radius 3 is 2.46 bits per heavy atom. The fourth-order valence-corrected chi connectivity index (χ4v) is 2.68. The van der Waals surface area contributed by atoms with Gasteiger partial charge >= 0.3 is 0 Å². The Bertz CT molecular complexity index is 849. The minimum atomic E-state index is -0.283. The normalized spacial score (nSPS) is 11.6. The summed E-state index contributed by atoms with van der Waals surface area (Å²) < 4.78 is 18.4. The first kappa shape index (κ1) is 17.6. The van der Waals surface area contributed by atoms with Gasteiger partial charge in [0.2, 0.25) is 0 Å². The second kappa shape index (κ2) is 8.25. The Balaban J connectivity index is 1.84. The lowest BCUT2D eigenvalue weighted by molar-refractivity contribution is 0.0936. The number of methoxy groups -OCH3 is 1. The van der Waals surface area contributed by atoms with E-state index in [4.69, 9.17) is 4.74 Å². The van der Waals surface area contributed by atoms with Crippen molar-refractivity contribution in [3.63, 3.8) is 0 Å². The van der Waals surface area contributed by atoms with Gasteiger partial charge in [-0.1, -0.05) is 24.3 Å². The Kier molecular flexibility index (Phi) is 5.59. The van der Waals surface area contributed by atoms with Crippen molar-refractivity contribution in [1.29, 1.82) is 0 Å². The Hall–Kier alpha value is -3.21. The fourth-order valence-electron chi connectivity index (χ4n) is 2.68. The molecule has 1 atom stereocenters. The highest BCUT2D eigenvalue weighted by molar-refractivity contribution is 5.94. The zero-order valence-corrected chi connectivity index (χ0v) is 14.4.